The molecular formula is C19H24N4O2Se. The van der Waals surface area contributed by atoms with Crippen molar-refractivity contribution in [3.63, 3.8) is 0 Å². The summed E-state index contributed by atoms with van der Waals surface area (Å²) in [6.45, 7) is 6.65. The van der Waals surface area contributed by atoms with Crippen LogP contribution >= 0.6 is 0 Å². The summed E-state index contributed by atoms with van der Waals surface area (Å²) in [5, 5.41) is 0.887. The maximum absolute atomic E-state index is 6.38. The van der Waals surface area contributed by atoms with Gasteiger partial charge in [0.2, 0.25) is 0 Å². The number of nitrogen functional groups attached to an aromatic ring is 1. The molecule has 0 spiro atoms. The molecule has 138 valence electrons. The van der Waals surface area contributed by atoms with Gasteiger partial charge >= 0.3 is 159 Å². The van der Waals surface area contributed by atoms with Gasteiger partial charge in [-0.2, -0.15) is 0 Å². The van der Waals surface area contributed by atoms with Crippen LogP contribution in [0.2, 0.25) is 0 Å². The monoisotopic (exact) mass is 420 g/mol. The molecular weight excluding hydrogens is 395 g/mol. The average Bonchev–Trinajstić information content (AvgIpc) is 3.01. The zero-order chi connectivity index (χ0) is 19.1. The molecule has 0 bridgehead atoms. The van der Waals surface area contributed by atoms with Crippen molar-refractivity contribution in [3.05, 3.63) is 29.0 Å². The van der Waals surface area contributed by atoms with Crippen LogP contribution in [0.5, 0.6) is 11.5 Å². The Morgan fingerprint density at radius 2 is 1.69 bits per heavy atom. The summed E-state index contributed by atoms with van der Waals surface area (Å²) in [6, 6.07) is 5.97. The summed E-state index contributed by atoms with van der Waals surface area (Å²) in [7, 11) is 5.22. The molecule has 0 aliphatic carbocycles. The number of ether oxygens (including phenoxy) is 2. The second-order valence-corrected chi connectivity index (χ2v) is 9.36. The second-order valence-electron chi connectivity index (χ2n) is 7.09. The molecule has 0 aliphatic heterocycles. The first-order chi connectivity index (χ1) is 12.3. The molecule has 0 unspecified atom stereocenters. The molecule has 3 aromatic rings. The summed E-state index contributed by atoms with van der Waals surface area (Å²) in [5.41, 5.74) is 8.28. The first-order valence-electron chi connectivity index (χ1n) is 8.26. The Kier molecular flexibility index (Phi) is 4.86. The van der Waals surface area contributed by atoms with Gasteiger partial charge in [-0.1, -0.05) is 0 Å². The van der Waals surface area contributed by atoms with Crippen molar-refractivity contribution in [2.75, 3.05) is 31.9 Å². The predicted octanol–water partition coefficient (Wildman–Crippen LogP) is 3.35. The molecule has 7 heteroatoms. The summed E-state index contributed by atoms with van der Waals surface area (Å²) in [5.74, 6) is 2.08. The van der Waals surface area contributed by atoms with Crippen molar-refractivity contribution in [1.82, 2.24) is 9.97 Å². The SMILES string of the molecule is COc1cc2ncnc(N(C)c3cc(C(C)(C)C)[se]c3N)c2cc1OC. The third-order valence-electron chi connectivity index (χ3n) is 4.28. The standard InChI is InChI=1S/C19H24N4O2Se/c1-19(2,3)16-9-13(17(20)26-16)23(4)18-11-7-14(24-5)15(25-6)8-12(11)21-10-22-18/h7-10H,20H2,1-6H3. The topological polar surface area (TPSA) is 73.5 Å². The number of nitrogens with zero attached hydrogens (tertiary/aromatic N) is 3. The van der Waals surface area contributed by atoms with E-state index in [4.69, 9.17) is 15.2 Å². The number of benzene rings is 1. The fourth-order valence-corrected chi connectivity index (χ4v) is 4.91. The minimum atomic E-state index is 0.109. The van der Waals surface area contributed by atoms with Crippen LogP contribution in [-0.4, -0.2) is 45.7 Å². The summed E-state index contributed by atoms with van der Waals surface area (Å²) < 4.78 is 13.1. The van der Waals surface area contributed by atoms with Gasteiger partial charge in [-0.3, -0.25) is 0 Å². The first-order valence-corrected chi connectivity index (χ1v) is 9.97. The van der Waals surface area contributed by atoms with Crippen LogP contribution in [0.25, 0.3) is 10.9 Å². The van der Waals surface area contributed by atoms with Crippen molar-refractivity contribution < 1.29 is 9.47 Å². The molecule has 0 saturated carbocycles. The van der Waals surface area contributed by atoms with Gasteiger partial charge in [0.05, 0.1) is 0 Å². The number of hydrogen-bond donors (Lipinski definition) is 1. The normalized spacial score (nSPS) is 11.6. The third kappa shape index (κ3) is 3.24. The number of anilines is 3. The maximum atomic E-state index is 6.38. The molecule has 1 aromatic carbocycles. The fourth-order valence-electron chi connectivity index (χ4n) is 2.78. The molecule has 0 radical (unpaired) electrons. The Bertz CT molecular complexity index is 947. The molecule has 26 heavy (non-hydrogen) atoms. The molecule has 2 aromatic heterocycles. The van der Waals surface area contributed by atoms with Crippen LogP contribution in [0.3, 0.4) is 0 Å². The van der Waals surface area contributed by atoms with E-state index in [0.29, 0.717) is 11.5 Å². The Labute approximate surface area is 159 Å². The average molecular weight is 419 g/mol. The molecule has 0 fully saturated rings. The molecule has 6 nitrogen and oxygen atoms in total. The van der Waals surface area contributed by atoms with Gasteiger partial charge in [-0.25, -0.2) is 0 Å². The van der Waals surface area contributed by atoms with E-state index in [1.807, 2.05) is 24.1 Å². The van der Waals surface area contributed by atoms with Crippen molar-refractivity contribution in [3.8, 4) is 11.5 Å². The second kappa shape index (κ2) is 6.82. The number of methoxy groups -OCH3 is 2. The number of nitrogens with two attached hydrogens (primary N) is 1. The van der Waals surface area contributed by atoms with Crippen LogP contribution < -0.4 is 20.1 Å². The Hall–Kier alpha value is -2.24. The zero-order valence-corrected chi connectivity index (χ0v) is 17.7. The summed E-state index contributed by atoms with van der Waals surface area (Å²) in [4.78, 5) is 10.9. The molecule has 0 amide bonds. The van der Waals surface area contributed by atoms with E-state index in [1.54, 1.807) is 20.5 Å². The van der Waals surface area contributed by atoms with Gasteiger partial charge in [0, 0.05) is 0 Å². The van der Waals surface area contributed by atoms with Gasteiger partial charge < -0.3 is 0 Å². The Balaban J connectivity index is 2.14. The van der Waals surface area contributed by atoms with Crippen molar-refractivity contribution in [2.45, 2.75) is 26.2 Å². The van der Waals surface area contributed by atoms with E-state index in [-0.39, 0.29) is 19.9 Å². The Morgan fingerprint density at radius 3 is 2.27 bits per heavy atom. The van der Waals surface area contributed by atoms with E-state index in [9.17, 15) is 0 Å². The minimum absolute atomic E-state index is 0.109. The number of fused-ring (bicyclic) bond motifs is 1. The number of rotatable bonds is 4. The number of aromatic nitrogens is 2. The number of hydrogen-bond acceptors (Lipinski definition) is 6. The molecule has 3 rings (SSSR count). The molecule has 0 aliphatic rings. The van der Waals surface area contributed by atoms with E-state index >= 15 is 0 Å². The Morgan fingerprint density at radius 1 is 1.04 bits per heavy atom. The van der Waals surface area contributed by atoms with Crippen LogP contribution in [0, 0.1) is 0 Å². The van der Waals surface area contributed by atoms with Crippen molar-refractivity contribution >= 4 is 41.5 Å². The van der Waals surface area contributed by atoms with Crippen molar-refractivity contribution in [2.24, 2.45) is 0 Å². The van der Waals surface area contributed by atoms with E-state index < -0.39 is 0 Å². The predicted molar refractivity (Wildman–Crippen MR) is 107 cm³/mol. The van der Waals surface area contributed by atoms with Crippen LogP contribution in [0.15, 0.2) is 24.5 Å². The summed E-state index contributed by atoms with van der Waals surface area (Å²) in [6.07, 6.45) is 1.56. The first kappa shape index (κ1) is 18.5. The molecule has 2 N–H and O–H groups in total. The van der Waals surface area contributed by atoms with Gasteiger partial charge in [-0.15, -0.1) is 0 Å². The molecule has 0 atom stereocenters. The molecule has 0 saturated heterocycles. The van der Waals surface area contributed by atoms with E-state index in [2.05, 4.69) is 36.8 Å². The third-order valence-corrected chi connectivity index (χ3v) is 7.17. The quantitative estimate of drug-likeness (QED) is 0.654. The van der Waals surface area contributed by atoms with Gasteiger partial charge in [0.15, 0.2) is 0 Å². The van der Waals surface area contributed by atoms with Gasteiger partial charge in [0.1, 0.15) is 0 Å². The van der Waals surface area contributed by atoms with E-state index in [0.717, 1.165) is 27.0 Å². The van der Waals surface area contributed by atoms with Crippen molar-refractivity contribution in [1.29, 1.82) is 0 Å². The van der Waals surface area contributed by atoms with Crippen LogP contribution in [-0.2, 0) is 5.41 Å². The zero-order valence-electron chi connectivity index (χ0n) is 16.0. The van der Waals surface area contributed by atoms with Crippen LogP contribution in [0.1, 0.15) is 25.2 Å². The van der Waals surface area contributed by atoms with Gasteiger partial charge in [-0.05, 0) is 0 Å². The van der Waals surface area contributed by atoms with Crippen LogP contribution in [0.4, 0.5) is 16.1 Å². The fraction of sp³-hybridized carbons (Fsp3) is 0.368. The summed E-state index contributed by atoms with van der Waals surface area (Å²) >= 11 is 0.158. The van der Waals surface area contributed by atoms with E-state index in [1.165, 1.54) is 4.44 Å². The molecule has 2 heterocycles. The van der Waals surface area contributed by atoms with Gasteiger partial charge in [0.25, 0.3) is 0 Å².